The Morgan fingerprint density at radius 2 is 1.22 bits per heavy atom. The van der Waals surface area contributed by atoms with Gasteiger partial charge in [0.15, 0.2) is 11.6 Å². The Bertz CT molecular complexity index is 1960. The second-order valence-corrected chi connectivity index (χ2v) is 14.4. The Balaban J connectivity index is 0.000000212. The SMILES string of the molecule is CC(=O)N1CCN(Cc2cccc(NC(=O)Nc3ccnc(C)c3)c2F)C[C@H]1C.Cc1cc(NC(=O)Nc2cccc(CN3CCC[C@H](C)C3)c2F)ccn1. The minimum Gasteiger partial charge on any atom is -0.338 e. The monoisotopic (exact) mass is 755 g/mol. The molecule has 4 aromatic rings. The van der Waals surface area contributed by atoms with Crippen LogP contribution in [-0.2, 0) is 17.9 Å². The molecule has 2 fully saturated rings. The molecule has 55 heavy (non-hydrogen) atoms. The molecule has 5 amide bonds. The number of carbonyl (C=O) groups excluding carboxylic acids is 3. The number of nitrogens with zero attached hydrogens (tertiary/aromatic N) is 5. The number of benzene rings is 2. The lowest BCUT2D eigenvalue weighted by atomic mass is 9.99. The van der Waals surface area contributed by atoms with Crippen molar-refractivity contribution in [1.29, 1.82) is 0 Å². The highest BCUT2D eigenvalue weighted by atomic mass is 19.1. The first-order valence-electron chi connectivity index (χ1n) is 18.6. The minimum absolute atomic E-state index is 0.0601. The fraction of sp³-hybridized carbons (Fsp3) is 0.390. The Hall–Kier alpha value is -5.47. The zero-order chi connectivity index (χ0) is 39.5. The first-order chi connectivity index (χ1) is 26.3. The van der Waals surface area contributed by atoms with E-state index in [9.17, 15) is 23.2 Å². The average Bonchev–Trinajstić information content (AvgIpc) is 3.12. The first kappa shape index (κ1) is 40.7. The van der Waals surface area contributed by atoms with Gasteiger partial charge in [0, 0.05) is 98.5 Å². The van der Waals surface area contributed by atoms with Crippen LogP contribution in [0.3, 0.4) is 0 Å². The van der Waals surface area contributed by atoms with E-state index in [-0.39, 0.29) is 29.1 Å². The van der Waals surface area contributed by atoms with Gasteiger partial charge >= 0.3 is 12.1 Å². The van der Waals surface area contributed by atoms with Crippen molar-refractivity contribution in [3.05, 3.63) is 107 Å². The Morgan fingerprint density at radius 1 is 0.709 bits per heavy atom. The van der Waals surface area contributed by atoms with Crippen LogP contribution in [-0.4, -0.2) is 81.4 Å². The number of amides is 5. The van der Waals surface area contributed by atoms with Gasteiger partial charge in [-0.05, 0) is 82.5 Å². The summed E-state index contributed by atoms with van der Waals surface area (Å²) in [5.41, 5.74) is 4.21. The van der Waals surface area contributed by atoms with E-state index in [0.717, 1.165) is 30.9 Å². The highest BCUT2D eigenvalue weighted by molar-refractivity contribution is 6.00. The molecule has 2 atom stereocenters. The quantitative estimate of drug-likeness (QED) is 0.145. The van der Waals surface area contributed by atoms with Crippen LogP contribution in [0.5, 0.6) is 0 Å². The molecular weight excluding hydrogens is 705 g/mol. The second kappa shape index (κ2) is 19.2. The zero-order valence-corrected chi connectivity index (χ0v) is 32.2. The number of piperidine rings is 1. The average molecular weight is 756 g/mol. The molecule has 14 heteroatoms. The number of anilines is 4. The number of likely N-dealkylation sites (tertiary alicyclic amines) is 1. The topological polar surface area (TPSA) is 135 Å². The van der Waals surface area contributed by atoms with Crippen molar-refractivity contribution in [3.63, 3.8) is 0 Å². The molecule has 2 aliphatic rings. The largest absolute Gasteiger partial charge is 0.338 e. The fourth-order valence-corrected chi connectivity index (χ4v) is 6.97. The number of pyridine rings is 2. The minimum atomic E-state index is -0.518. The summed E-state index contributed by atoms with van der Waals surface area (Å²) in [6.45, 7) is 14.4. The molecule has 0 radical (unpaired) electrons. The zero-order valence-electron chi connectivity index (χ0n) is 32.2. The van der Waals surface area contributed by atoms with Crippen LogP contribution < -0.4 is 21.3 Å². The number of aromatic nitrogens is 2. The molecular formula is C41H51F2N9O3. The van der Waals surface area contributed by atoms with Gasteiger partial charge in [-0.1, -0.05) is 31.2 Å². The van der Waals surface area contributed by atoms with Crippen LogP contribution in [0, 0.1) is 31.4 Å². The summed E-state index contributed by atoms with van der Waals surface area (Å²) in [4.78, 5) is 50.4. The maximum atomic E-state index is 14.9. The second-order valence-electron chi connectivity index (χ2n) is 14.4. The fourth-order valence-electron chi connectivity index (χ4n) is 6.97. The molecule has 292 valence electrons. The van der Waals surface area contributed by atoms with E-state index >= 15 is 0 Å². The smallest absolute Gasteiger partial charge is 0.323 e. The number of carbonyl (C=O) groups is 3. The molecule has 0 spiro atoms. The first-order valence-corrected chi connectivity index (χ1v) is 18.6. The van der Waals surface area contributed by atoms with E-state index in [1.807, 2.05) is 25.7 Å². The van der Waals surface area contributed by atoms with Crippen molar-refractivity contribution in [3.8, 4) is 0 Å². The lowest BCUT2D eigenvalue weighted by Crippen LogP contribution is -2.53. The van der Waals surface area contributed by atoms with Crippen LogP contribution in [0.25, 0.3) is 0 Å². The van der Waals surface area contributed by atoms with E-state index in [0.29, 0.717) is 61.1 Å². The summed E-state index contributed by atoms with van der Waals surface area (Å²) in [7, 11) is 0. The van der Waals surface area contributed by atoms with Gasteiger partial charge in [-0.25, -0.2) is 18.4 Å². The number of halogens is 2. The number of rotatable bonds is 8. The highest BCUT2D eigenvalue weighted by Crippen LogP contribution is 2.24. The number of aryl methyl sites for hydroxylation is 2. The number of piperazine rings is 1. The molecule has 2 aromatic carbocycles. The van der Waals surface area contributed by atoms with Crippen molar-refractivity contribution in [1.82, 2.24) is 24.7 Å². The van der Waals surface area contributed by atoms with E-state index in [1.54, 1.807) is 73.9 Å². The van der Waals surface area contributed by atoms with Crippen LogP contribution in [0.4, 0.5) is 41.1 Å². The Morgan fingerprint density at radius 3 is 1.67 bits per heavy atom. The maximum Gasteiger partial charge on any atom is 0.323 e. The summed E-state index contributed by atoms with van der Waals surface area (Å²) in [6, 6.07) is 16.0. The molecule has 0 saturated carbocycles. The third-order valence-corrected chi connectivity index (χ3v) is 9.61. The molecule has 4 heterocycles. The molecule has 4 N–H and O–H groups in total. The highest BCUT2D eigenvalue weighted by Gasteiger charge is 2.26. The van der Waals surface area contributed by atoms with Crippen molar-refractivity contribution < 1.29 is 23.2 Å². The third kappa shape index (κ3) is 12.0. The predicted octanol–water partition coefficient (Wildman–Crippen LogP) is 7.63. The lowest BCUT2D eigenvalue weighted by Gasteiger charge is -2.39. The number of hydrogen-bond donors (Lipinski definition) is 4. The Labute approximate surface area is 321 Å². The summed E-state index contributed by atoms with van der Waals surface area (Å²) in [5, 5.41) is 10.5. The van der Waals surface area contributed by atoms with Crippen molar-refractivity contribution in [2.24, 2.45) is 5.92 Å². The van der Waals surface area contributed by atoms with Gasteiger partial charge < -0.3 is 26.2 Å². The van der Waals surface area contributed by atoms with Gasteiger partial charge in [0.2, 0.25) is 5.91 Å². The molecule has 6 rings (SSSR count). The van der Waals surface area contributed by atoms with Crippen molar-refractivity contribution >= 4 is 40.7 Å². The van der Waals surface area contributed by atoms with Gasteiger partial charge in [-0.2, -0.15) is 0 Å². The third-order valence-electron chi connectivity index (χ3n) is 9.61. The maximum absolute atomic E-state index is 14.9. The van der Waals surface area contributed by atoms with E-state index in [2.05, 4.69) is 48.0 Å². The molecule has 0 bridgehead atoms. The van der Waals surface area contributed by atoms with Crippen LogP contribution >= 0.6 is 0 Å². The van der Waals surface area contributed by atoms with Crippen molar-refractivity contribution in [2.45, 2.75) is 66.6 Å². The van der Waals surface area contributed by atoms with E-state index in [4.69, 9.17) is 0 Å². The van der Waals surface area contributed by atoms with Gasteiger partial charge in [-0.3, -0.25) is 24.6 Å². The van der Waals surface area contributed by atoms with Crippen LogP contribution in [0.1, 0.15) is 56.1 Å². The molecule has 2 saturated heterocycles. The summed E-state index contributed by atoms with van der Waals surface area (Å²) in [6.07, 6.45) is 5.59. The van der Waals surface area contributed by atoms with Crippen LogP contribution in [0.15, 0.2) is 73.1 Å². The van der Waals surface area contributed by atoms with Gasteiger partial charge in [-0.15, -0.1) is 0 Å². The normalized spacial score (nSPS) is 17.4. The standard InChI is InChI=1S/C21H26FN5O2.C20H25FN4O/c1-14-11-18(7-8-23-14)24-21(29)25-19-6-4-5-17(20(19)22)13-26-9-10-27(16(3)28)15(2)12-26;1-14-5-4-10-25(12-14)13-16-6-3-7-18(19(16)21)24-20(26)23-17-8-9-22-15(2)11-17/h4-8,11,15H,9-10,12-13H2,1-3H3,(H2,23,24,25,29);3,6-9,11,14H,4-5,10,12-13H2,1-2H3,(H2,22,23,24,26)/t15-;14-/m10/s1. The number of nitrogens with one attached hydrogen (secondary N) is 4. The molecule has 0 aliphatic carbocycles. The summed E-state index contributed by atoms with van der Waals surface area (Å²) >= 11 is 0. The van der Waals surface area contributed by atoms with Crippen molar-refractivity contribution in [2.75, 3.05) is 54.0 Å². The summed E-state index contributed by atoms with van der Waals surface area (Å²) in [5.74, 6) is -0.116. The summed E-state index contributed by atoms with van der Waals surface area (Å²) < 4.78 is 29.8. The van der Waals surface area contributed by atoms with E-state index < -0.39 is 17.9 Å². The van der Waals surface area contributed by atoms with Crippen LogP contribution in [0.2, 0.25) is 0 Å². The molecule has 2 aliphatic heterocycles. The molecule has 12 nitrogen and oxygen atoms in total. The van der Waals surface area contributed by atoms with Gasteiger partial charge in [0.1, 0.15) is 0 Å². The Kier molecular flexibility index (Phi) is 14.2. The van der Waals surface area contributed by atoms with E-state index in [1.165, 1.54) is 12.5 Å². The van der Waals surface area contributed by atoms with Gasteiger partial charge in [0.05, 0.1) is 11.4 Å². The van der Waals surface area contributed by atoms with Gasteiger partial charge in [0.25, 0.3) is 0 Å². The number of hydrogen-bond acceptors (Lipinski definition) is 7. The predicted molar refractivity (Wildman–Crippen MR) is 212 cm³/mol. The number of urea groups is 2. The molecule has 0 unspecified atom stereocenters. The molecule has 2 aromatic heterocycles. The lowest BCUT2D eigenvalue weighted by molar-refractivity contribution is -0.133.